The van der Waals surface area contributed by atoms with E-state index in [-0.39, 0.29) is 5.78 Å². The van der Waals surface area contributed by atoms with E-state index in [4.69, 9.17) is 0 Å². The largest absolute Gasteiger partial charge is 0.295 e. The topological polar surface area (TPSA) is 17.1 Å². The lowest BCUT2D eigenvalue weighted by Crippen LogP contribution is -1.90. The fraction of sp³-hybridized carbons (Fsp3) is 0.364. The molecule has 0 atom stereocenters. The van der Waals surface area contributed by atoms with Gasteiger partial charge in [0.1, 0.15) is 0 Å². The summed E-state index contributed by atoms with van der Waals surface area (Å²) in [5.74, 6) is 0.200. The van der Waals surface area contributed by atoms with Gasteiger partial charge in [0, 0.05) is 6.42 Å². The minimum atomic E-state index is 0.200. The number of hydrogen-bond donors (Lipinski definition) is 0. The van der Waals surface area contributed by atoms with E-state index in [1.165, 1.54) is 0 Å². The first-order valence-corrected chi connectivity index (χ1v) is 4.30. The quantitative estimate of drug-likeness (QED) is 0.435. The van der Waals surface area contributed by atoms with E-state index in [0.29, 0.717) is 6.42 Å². The third-order valence-corrected chi connectivity index (χ3v) is 1.42. The van der Waals surface area contributed by atoms with Crippen molar-refractivity contribution < 1.29 is 4.79 Å². The van der Waals surface area contributed by atoms with Gasteiger partial charge in [-0.05, 0) is 12.5 Å². The lowest BCUT2D eigenvalue weighted by atomic mass is 10.2. The second-order valence-corrected chi connectivity index (χ2v) is 2.55. The molecule has 0 aromatic carbocycles. The Balaban J connectivity index is 3.60. The molecule has 0 aromatic heterocycles. The predicted octanol–water partition coefficient (Wildman–Crippen LogP) is 3.04. The van der Waals surface area contributed by atoms with E-state index >= 15 is 0 Å². The molecule has 0 spiro atoms. The van der Waals surface area contributed by atoms with Crippen molar-refractivity contribution in [3.05, 3.63) is 37.0 Å². The highest BCUT2D eigenvalue weighted by Gasteiger charge is 1.92. The van der Waals surface area contributed by atoms with Crippen LogP contribution in [0.1, 0.15) is 26.2 Å². The number of hydrogen-bond acceptors (Lipinski definition) is 1. The molecule has 1 heteroatoms. The normalized spacial score (nSPS) is 11.1. The lowest BCUT2D eigenvalue weighted by Gasteiger charge is -1.89. The Bertz CT molecular complexity index is 187. The van der Waals surface area contributed by atoms with E-state index in [2.05, 4.69) is 13.5 Å². The molecule has 0 aliphatic heterocycles. The summed E-state index contributed by atoms with van der Waals surface area (Å²) >= 11 is 0. The maximum Gasteiger partial charge on any atom is 0.155 e. The number of carbonyl (C=O) groups is 1. The molecule has 0 fully saturated rings. The van der Waals surface area contributed by atoms with Crippen LogP contribution in [-0.2, 0) is 4.79 Å². The fourth-order valence-electron chi connectivity index (χ4n) is 0.740. The highest BCUT2D eigenvalue weighted by atomic mass is 16.1. The summed E-state index contributed by atoms with van der Waals surface area (Å²) in [6.07, 6.45) is 11.3. The van der Waals surface area contributed by atoms with Crippen LogP contribution in [-0.4, -0.2) is 5.78 Å². The molecule has 0 amide bonds. The number of allylic oxidation sites excluding steroid dienone is 5. The van der Waals surface area contributed by atoms with Crippen LogP contribution >= 0.6 is 0 Å². The summed E-state index contributed by atoms with van der Waals surface area (Å²) in [6.45, 7) is 5.60. The molecule has 0 heterocycles. The minimum Gasteiger partial charge on any atom is -0.295 e. The highest BCUT2D eigenvalue weighted by molar-refractivity contribution is 5.89. The maximum atomic E-state index is 11.0. The van der Waals surface area contributed by atoms with Gasteiger partial charge in [0.15, 0.2) is 5.78 Å². The van der Waals surface area contributed by atoms with Crippen LogP contribution < -0.4 is 0 Å². The molecule has 0 N–H and O–H groups in total. The molecule has 0 saturated heterocycles. The van der Waals surface area contributed by atoms with Crippen molar-refractivity contribution in [2.45, 2.75) is 26.2 Å². The average Bonchev–Trinajstić information content (AvgIpc) is 2.09. The van der Waals surface area contributed by atoms with Gasteiger partial charge in [-0.2, -0.15) is 0 Å². The molecule has 0 bridgehead atoms. The van der Waals surface area contributed by atoms with E-state index in [1.807, 2.05) is 0 Å². The van der Waals surface area contributed by atoms with Crippen molar-refractivity contribution in [3.8, 4) is 0 Å². The van der Waals surface area contributed by atoms with Gasteiger partial charge in [-0.25, -0.2) is 0 Å². The van der Waals surface area contributed by atoms with Crippen LogP contribution in [0.4, 0.5) is 0 Å². The Morgan fingerprint density at radius 3 is 2.67 bits per heavy atom. The van der Waals surface area contributed by atoms with Gasteiger partial charge >= 0.3 is 0 Å². The van der Waals surface area contributed by atoms with Crippen LogP contribution in [0, 0.1) is 0 Å². The standard InChI is InChI=1S/C11H16O/c1-3-5-7-8-10-11(12)9-6-4-2/h3,5,7-8,10H,1,4,6,9H2,2H3/b7-5+,10-8-. The molecule has 0 aliphatic rings. The zero-order valence-electron chi connectivity index (χ0n) is 7.62. The first-order chi connectivity index (χ1) is 5.81. The molecule has 66 valence electrons. The van der Waals surface area contributed by atoms with Crippen molar-refractivity contribution in [2.24, 2.45) is 0 Å². The molecular weight excluding hydrogens is 148 g/mol. The third kappa shape index (κ3) is 7.00. The van der Waals surface area contributed by atoms with Crippen LogP contribution in [0.2, 0.25) is 0 Å². The van der Waals surface area contributed by atoms with Gasteiger partial charge in [0.2, 0.25) is 0 Å². The SMILES string of the molecule is C=C/C=C/C=C\C(=O)CCCC. The molecule has 12 heavy (non-hydrogen) atoms. The molecule has 0 saturated carbocycles. The molecule has 0 aliphatic carbocycles. The lowest BCUT2D eigenvalue weighted by molar-refractivity contribution is -0.114. The minimum absolute atomic E-state index is 0.200. The average molecular weight is 164 g/mol. The summed E-state index contributed by atoms with van der Waals surface area (Å²) in [5.41, 5.74) is 0. The molecule has 0 aromatic rings. The summed E-state index contributed by atoms with van der Waals surface area (Å²) in [7, 11) is 0. The summed E-state index contributed by atoms with van der Waals surface area (Å²) in [6, 6.07) is 0. The second-order valence-electron chi connectivity index (χ2n) is 2.55. The zero-order chi connectivity index (χ0) is 9.23. The van der Waals surface area contributed by atoms with Gasteiger partial charge in [0.05, 0.1) is 0 Å². The van der Waals surface area contributed by atoms with Crippen LogP contribution in [0.3, 0.4) is 0 Å². The Kier molecular flexibility index (Phi) is 7.25. The van der Waals surface area contributed by atoms with Crippen LogP contribution in [0.15, 0.2) is 37.0 Å². The Hall–Kier alpha value is -1.11. The van der Waals surface area contributed by atoms with E-state index in [9.17, 15) is 4.79 Å². The molecule has 0 rings (SSSR count). The van der Waals surface area contributed by atoms with Gasteiger partial charge in [-0.3, -0.25) is 4.79 Å². The van der Waals surface area contributed by atoms with Crippen molar-refractivity contribution in [2.75, 3.05) is 0 Å². The zero-order valence-corrected chi connectivity index (χ0v) is 7.62. The van der Waals surface area contributed by atoms with E-state index in [0.717, 1.165) is 12.8 Å². The van der Waals surface area contributed by atoms with Crippen molar-refractivity contribution in [3.63, 3.8) is 0 Å². The van der Waals surface area contributed by atoms with E-state index in [1.54, 1.807) is 30.4 Å². The van der Waals surface area contributed by atoms with Crippen LogP contribution in [0.25, 0.3) is 0 Å². The maximum absolute atomic E-state index is 11.0. The molecule has 0 unspecified atom stereocenters. The first-order valence-electron chi connectivity index (χ1n) is 4.30. The summed E-state index contributed by atoms with van der Waals surface area (Å²) in [4.78, 5) is 11.0. The Morgan fingerprint density at radius 2 is 2.08 bits per heavy atom. The number of carbonyl (C=O) groups excluding carboxylic acids is 1. The smallest absolute Gasteiger partial charge is 0.155 e. The molecular formula is C11H16O. The second kappa shape index (κ2) is 7.99. The van der Waals surface area contributed by atoms with Crippen molar-refractivity contribution in [1.82, 2.24) is 0 Å². The van der Waals surface area contributed by atoms with Crippen molar-refractivity contribution >= 4 is 5.78 Å². The monoisotopic (exact) mass is 164 g/mol. The fourth-order valence-corrected chi connectivity index (χ4v) is 0.740. The number of ketones is 1. The Labute approximate surface area is 74.5 Å². The number of rotatable bonds is 6. The first kappa shape index (κ1) is 10.9. The number of unbranched alkanes of at least 4 members (excludes halogenated alkanes) is 1. The molecule has 0 radical (unpaired) electrons. The highest BCUT2D eigenvalue weighted by Crippen LogP contribution is 1.96. The predicted molar refractivity (Wildman–Crippen MR) is 53.0 cm³/mol. The molecule has 1 nitrogen and oxygen atoms in total. The van der Waals surface area contributed by atoms with Gasteiger partial charge < -0.3 is 0 Å². The van der Waals surface area contributed by atoms with E-state index < -0.39 is 0 Å². The van der Waals surface area contributed by atoms with Crippen molar-refractivity contribution in [1.29, 1.82) is 0 Å². The Morgan fingerprint density at radius 1 is 1.33 bits per heavy atom. The van der Waals surface area contributed by atoms with Gasteiger partial charge in [-0.15, -0.1) is 0 Å². The summed E-state index contributed by atoms with van der Waals surface area (Å²) < 4.78 is 0. The third-order valence-electron chi connectivity index (χ3n) is 1.42. The van der Waals surface area contributed by atoms with Gasteiger partial charge in [-0.1, -0.05) is 44.2 Å². The van der Waals surface area contributed by atoms with Gasteiger partial charge in [0.25, 0.3) is 0 Å². The van der Waals surface area contributed by atoms with Crippen LogP contribution in [0.5, 0.6) is 0 Å². The summed E-state index contributed by atoms with van der Waals surface area (Å²) in [5, 5.41) is 0.